The van der Waals surface area contributed by atoms with E-state index in [1.54, 1.807) is 11.3 Å². The first-order chi connectivity index (χ1) is 14.2. The molecule has 0 atom stereocenters. The molecule has 0 saturated heterocycles. The summed E-state index contributed by atoms with van der Waals surface area (Å²) >= 11 is 1.61. The molecule has 0 radical (unpaired) electrons. The van der Waals surface area contributed by atoms with E-state index >= 15 is 0 Å². The lowest BCUT2D eigenvalue weighted by Gasteiger charge is -2.55. The lowest BCUT2D eigenvalue weighted by molar-refractivity contribution is -0.685. The number of benzene rings is 1. The first-order valence-electron chi connectivity index (χ1n) is 11.1. The van der Waals surface area contributed by atoms with Gasteiger partial charge in [-0.15, -0.1) is 11.3 Å². The molecular weight excluding hydrogens is 378 g/mol. The highest BCUT2D eigenvalue weighted by molar-refractivity contribution is 7.21. The van der Waals surface area contributed by atoms with Gasteiger partial charge >= 0.3 is 0 Å². The topological polar surface area (TPSA) is 62.4 Å². The number of hydrogen-bond acceptors (Lipinski definition) is 3. The summed E-state index contributed by atoms with van der Waals surface area (Å²) in [5.74, 6) is 3.79. The molecule has 4 aliphatic carbocycles. The van der Waals surface area contributed by atoms with Gasteiger partial charge in [0.25, 0.3) is 5.56 Å². The Kier molecular flexibility index (Phi) is 4.17. The van der Waals surface area contributed by atoms with Crippen molar-refractivity contribution < 1.29 is 5.32 Å². The van der Waals surface area contributed by atoms with Gasteiger partial charge in [-0.3, -0.25) is 4.79 Å². The van der Waals surface area contributed by atoms with Crippen LogP contribution < -0.4 is 10.9 Å². The van der Waals surface area contributed by atoms with Crippen molar-refractivity contribution in [3.05, 3.63) is 52.6 Å². The van der Waals surface area contributed by atoms with Gasteiger partial charge in [0.15, 0.2) is 5.82 Å². The molecule has 150 valence electrons. The molecule has 4 nitrogen and oxygen atoms in total. The van der Waals surface area contributed by atoms with Crippen LogP contribution in [0.3, 0.4) is 0 Å². The molecule has 3 aromatic rings. The molecule has 7 rings (SSSR count). The highest BCUT2D eigenvalue weighted by Gasteiger charge is 2.51. The molecule has 0 spiro atoms. The van der Waals surface area contributed by atoms with Gasteiger partial charge in [-0.25, -0.2) is 4.98 Å². The molecule has 1 aromatic carbocycles. The Morgan fingerprint density at radius 3 is 2.45 bits per heavy atom. The van der Waals surface area contributed by atoms with E-state index < -0.39 is 0 Å². The Morgan fingerprint density at radius 1 is 1.07 bits per heavy atom. The standard InChI is InChI=1S/C24H27N3OS/c28-22-19-9-20(18-4-2-1-3-5-18)29-23(19)27-21(26-22)13-25-14-24-10-15-6-16(11-24)8-17(7-15)12-24/h1-5,9,15-17,25H,6-8,10-14H2,(H,26,27,28)/p+1. The van der Waals surface area contributed by atoms with Crippen LogP contribution in [0.15, 0.2) is 41.2 Å². The van der Waals surface area contributed by atoms with Gasteiger partial charge in [0.2, 0.25) is 0 Å². The third-order valence-electron chi connectivity index (χ3n) is 7.59. The second kappa shape index (κ2) is 6.78. The van der Waals surface area contributed by atoms with E-state index in [1.165, 1.54) is 45.1 Å². The van der Waals surface area contributed by atoms with Crippen molar-refractivity contribution in [3.8, 4) is 10.4 Å². The maximum atomic E-state index is 12.6. The number of thiophene rings is 1. The average Bonchev–Trinajstić information content (AvgIpc) is 3.12. The third-order valence-corrected chi connectivity index (χ3v) is 8.67. The Balaban J connectivity index is 1.19. The number of nitrogens with two attached hydrogens (primary N) is 1. The van der Waals surface area contributed by atoms with Crippen molar-refractivity contribution in [2.24, 2.45) is 23.2 Å². The van der Waals surface area contributed by atoms with E-state index in [4.69, 9.17) is 4.98 Å². The fourth-order valence-electron chi connectivity index (χ4n) is 6.87. The molecule has 0 aliphatic heterocycles. The zero-order chi connectivity index (χ0) is 19.4. The van der Waals surface area contributed by atoms with E-state index in [0.717, 1.165) is 45.4 Å². The number of hydrogen-bond donors (Lipinski definition) is 2. The fourth-order valence-corrected chi connectivity index (χ4v) is 7.93. The third kappa shape index (κ3) is 3.24. The molecule has 4 fully saturated rings. The Bertz CT molecular complexity index is 1060. The summed E-state index contributed by atoms with van der Waals surface area (Å²) in [6, 6.07) is 12.2. The lowest BCUT2D eigenvalue weighted by atomic mass is 9.49. The van der Waals surface area contributed by atoms with Crippen molar-refractivity contribution in [1.29, 1.82) is 0 Å². The van der Waals surface area contributed by atoms with Gasteiger partial charge in [0.05, 0.1) is 11.9 Å². The number of rotatable bonds is 5. The highest BCUT2D eigenvalue weighted by Crippen LogP contribution is 2.59. The number of nitrogens with zero attached hydrogens (tertiary/aromatic N) is 1. The van der Waals surface area contributed by atoms with Crippen LogP contribution in [0.25, 0.3) is 20.7 Å². The van der Waals surface area contributed by atoms with E-state index in [1.807, 2.05) is 24.3 Å². The predicted molar refractivity (Wildman–Crippen MR) is 117 cm³/mol. The van der Waals surface area contributed by atoms with Crippen molar-refractivity contribution in [3.63, 3.8) is 0 Å². The summed E-state index contributed by atoms with van der Waals surface area (Å²) in [7, 11) is 0. The number of aromatic nitrogens is 2. The highest BCUT2D eigenvalue weighted by atomic mass is 32.1. The molecule has 2 heterocycles. The average molecular weight is 407 g/mol. The minimum atomic E-state index is -0.00774. The summed E-state index contributed by atoms with van der Waals surface area (Å²) in [5, 5.41) is 3.11. The smallest absolute Gasteiger partial charge is 0.259 e. The number of nitrogens with one attached hydrogen (secondary N) is 1. The van der Waals surface area contributed by atoms with Crippen LogP contribution in [0.5, 0.6) is 0 Å². The summed E-state index contributed by atoms with van der Waals surface area (Å²) in [5.41, 5.74) is 1.69. The summed E-state index contributed by atoms with van der Waals surface area (Å²) in [6.07, 6.45) is 8.78. The van der Waals surface area contributed by atoms with Crippen molar-refractivity contribution in [1.82, 2.24) is 9.97 Å². The maximum absolute atomic E-state index is 12.6. The number of quaternary nitrogens is 1. The van der Waals surface area contributed by atoms with Crippen LogP contribution in [-0.4, -0.2) is 16.5 Å². The molecule has 4 aliphatic rings. The van der Waals surface area contributed by atoms with Crippen LogP contribution in [-0.2, 0) is 6.54 Å². The van der Waals surface area contributed by atoms with Gasteiger partial charge in [0, 0.05) is 10.3 Å². The normalized spacial score (nSPS) is 30.3. The van der Waals surface area contributed by atoms with Gasteiger partial charge in [-0.1, -0.05) is 30.3 Å². The number of fused-ring (bicyclic) bond motifs is 1. The summed E-state index contributed by atoms with van der Waals surface area (Å²) in [4.78, 5) is 22.4. The lowest BCUT2D eigenvalue weighted by Crippen LogP contribution is -2.86. The summed E-state index contributed by atoms with van der Waals surface area (Å²) < 4.78 is 0. The van der Waals surface area contributed by atoms with Crippen LogP contribution in [0.4, 0.5) is 0 Å². The monoisotopic (exact) mass is 406 g/mol. The summed E-state index contributed by atoms with van der Waals surface area (Å²) in [6.45, 7) is 1.96. The van der Waals surface area contributed by atoms with E-state index in [2.05, 4.69) is 22.4 Å². The zero-order valence-electron chi connectivity index (χ0n) is 16.7. The molecule has 5 heteroatoms. The first-order valence-corrected chi connectivity index (χ1v) is 11.9. The molecule has 4 bridgehead atoms. The Labute approximate surface area is 174 Å². The Morgan fingerprint density at radius 2 is 1.76 bits per heavy atom. The van der Waals surface area contributed by atoms with Crippen molar-refractivity contribution in [2.45, 2.75) is 45.1 Å². The van der Waals surface area contributed by atoms with Crippen LogP contribution in [0.2, 0.25) is 0 Å². The van der Waals surface area contributed by atoms with Crippen LogP contribution in [0.1, 0.15) is 44.3 Å². The number of aromatic amines is 1. The molecular formula is C24H28N3OS+. The molecule has 0 amide bonds. The van der Waals surface area contributed by atoms with E-state index in [0.29, 0.717) is 10.8 Å². The predicted octanol–water partition coefficient (Wildman–Crippen LogP) is 3.93. The van der Waals surface area contributed by atoms with Crippen LogP contribution >= 0.6 is 11.3 Å². The Hall–Kier alpha value is -1.98. The van der Waals surface area contributed by atoms with Gasteiger partial charge in [0.1, 0.15) is 11.4 Å². The fraction of sp³-hybridized carbons (Fsp3) is 0.500. The van der Waals surface area contributed by atoms with E-state index in [-0.39, 0.29) is 5.56 Å². The molecule has 2 aromatic heterocycles. The second-order valence-corrected chi connectivity index (χ2v) is 10.9. The minimum Gasteiger partial charge on any atom is -0.339 e. The molecule has 3 N–H and O–H groups in total. The minimum absolute atomic E-state index is 0.00774. The van der Waals surface area contributed by atoms with Crippen LogP contribution in [0, 0.1) is 23.2 Å². The number of H-pyrrole nitrogens is 1. The molecule has 4 saturated carbocycles. The van der Waals surface area contributed by atoms with E-state index in [9.17, 15) is 4.79 Å². The van der Waals surface area contributed by atoms with Crippen molar-refractivity contribution >= 4 is 21.6 Å². The van der Waals surface area contributed by atoms with Gasteiger partial charge < -0.3 is 10.3 Å². The first kappa shape index (κ1) is 17.8. The van der Waals surface area contributed by atoms with Crippen molar-refractivity contribution in [2.75, 3.05) is 6.54 Å². The van der Waals surface area contributed by atoms with Gasteiger partial charge in [-0.05, 0) is 67.9 Å². The SMILES string of the molecule is O=c1[nH]c(C[NH2+]CC23CC4CC(CC(C4)C2)C3)nc2sc(-c3ccccc3)cc12. The van der Waals surface area contributed by atoms with Gasteiger partial charge in [-0.2, -0.15) is 0 Å². The largest absolute Gasteiger partial charge is 0.339 e. The second-order valence-electron chi connectivity index (χ2n) is 9.82. The molecule has 29 heavy (non-hydrogen) atoms. The zero-order valence-corrected chi connectivity index (χ0v) is 17.5. The quantitative estimate of drug-likeness (QED) is 0.674. The molecule has 0 unspecified atom stereocenters. The maximum Gasteiger partial charge on any atom is 0.259 e.